The molecule has 7 heteroatoms. The van der Waals surface area contributed by atoms with Crippen LogP contribution in [-0.4, -0.2) is 28.0 Å². The van der Waals surface area contributed by atoms with E-state index in [0.29, 0.717) is 23.0 Å². The molecule has 0 saturated heterocycles. The lowest BCUT2D eigenvalue weighted by atomic mass is 10.1. The van der Waals surface area contributed by atoms with Gasteiger partial charge in [0.2, 0.25) is 0 Å². The van der Waals surface area contributed by atoms with Crippen LogP contribution in [0.15, 0.2) is 24.4 Å². The van der Waals surface area contributed by atoms with Gasteiger partial charge in [-0.15, -0.1) is 5.10 Å². The van der Waals surface area contributed by atoms with Gasteiger partial charge in [0.1, 0.15) is 5.75 Å². The predicted octanol–water partition coefficient (Wildman–Crippen LogP) is 2.17. The number of nitrogens with zero attached hydrogens (tertiary/aromatic N) is 3. The molecule has 2 aromatic rings. The van der Waals surface area contributed by atoms with Gasteiger partial charge in [-0.3, -0.25) is 9.48 Å². The topological polar surface area (TPSA) is 95.1 Å². The molecule has 0 aliphatic carbocycles. The summed E-state index contributed by atoms with van der Waals surface area (Å²) in [6, 6.07) is 5.06. The summed E-state index contributed by atoms with van der Waals surface area (Å²) < 4.78 is 6.75. The number of anilines is 2. The quantitative estimate of drug-likeness (QED) is 0.797. The van der Waals surface area contributed by atoms with Crippen LogP contribution in [0.4, 0.5) is 11.4 Å². The normalized spacial score (nSPS) is 10.7. The molecule has 0 bridgehead atoms. The van der Waals surface area contributed by atoms with E-state index in [9.17, 15) is 4.79 Å². The summed E-state index contributed by atoms with van der Waals surface area (Å²) >= 11 is 0. The first kappa shape index (κ1) is 15.8. The first-order chi connectivity index (χ1) is 10.5. The van der Waals surface area contributed by atoms with E-state index >= 15 is 0 Å². The third kappa shape index (κ3) is 3.97. The average Bonchev–Trinajstić information content (AvgIpc) is 2.94. The van der Waals surface area contributed by atoms with E-state index in [-0.39, 0.29) is 11.6 Å². The van der Waals surface area contributed by atoms with Crippen LogP contribution in [0.5, 0.6) is 5.75 Å². The molecule has 0 atom stereocenters. The second-order valence-corrected chi connectivity index (χ2v) is 5.46. The molecule has 0 unspecified atom stereocenters. The summed E-state index contributed by atoms with van der Waals surface area (Å²) in [7, 11) is 1.54. The standard InChI is InChI=1S/C15H21N5O2/c1-10(2)6-7-20-9-13(18-19-20)15(21)17-11-4-5-14(22-3)12(16)8-11/h4-5,8-10H,6-7,16H2,1-3H3,(H,17,21). The van der Waals surface area contributed by atoms with Gasteiger partial charge >= 0.3 is 0 Å². The minimum Gasteiger partial charge on any atom is -0.495 e. The van der Waals surface area contributed by atoms with E-state index < -0.39 is 0 Å². The molecule has 22 heavy (non-hydrogen) atoms. The van der Waals surface area contributed by atoms with Crippen molar-refractivity contribution in [3.63, 3.8) is 0 Å². The number of ether oxygens (including phenoxy) is 1. The number of benzene rings is 1. The Kier molecular flexibility index (Phi) is 4.98. The molecule has 1 heterocycles. The Labute approximate surface area is 129 Å². The zero-order valence-electron chi connectivity index (χ0n) is 13.0. The summed E-state index contributed by atoms with van der Waals surface area (Å²) in [5, 5.41) is 10.6. The molecular formula is C15H21N5O2. The number of carbonyl (C=O) groups is 1. The summed E-state index contributed by atoms with van der Waals surface area (Å²) in [5.41, 5.74) is 7.13. The molecule has 0 aliphatic heterocycles. The van der Waals surface area contributed by atoms with Gasteiger partial charge in [-0.1, -0.05) is 19.1 Å². The van der Waals surface area contributed by atoms with Gasteiger partial charge in [0.15, 0.2) is 5.69 Å². The molecule has 0 radical (unpaired) electrons. The van der Waals surface area contributed by atoms with Crippen molar-refractivity contribution in [1.82, 2.24) is 15.0 Å². The van der Waals surface area contributed by atoms with Gasteiger partial charge in [0, 0.05) is 12.2 Å². The van der Waals surface area contributed by atoms with Crippen molar-refractivity contribution in [1.29, 1.82) is 0 Å². The molecule has 2 rings (SSSR count). The highest BCUT2D eigenvalue weighted by atomic mass is 16.5. The number of aryl methyl sites for hydroxylation is 1. The maximum atomic E-state index is 12.1. The fraction of sp³-hybridized carbons (Fsp3) is 0.400. The number of methoxy groups -OCH3 is 1. The van der Waals surface area contributed by atoms with Gasteiger partial charge in [-0.05, 0) is 30.5 Å². The molecule has 0 spiro atoms. The Morgan fingerprint density at radius 3 is 2.86 bits per heavy atom. The number of nitrogens with one attached hydrogen (secondary N) is 1. The van der Waals surface area contributed by atoms with Crippen molar-refractivity contribution >= 4 is 17.3 Å². The number of nitrogen functional groups attached to an aromatic ring is 1. The molecule has 118 valence electrons. The van der Waals surface area contributed by atoms with E-state index in [1.807, 2.05) is 0 Å². The maximum absolute atomic E-state index is 12.1. The van der Waals surface area contributed by atoms with E-state index in [2.05, 4.69) is 29.5 Å². The zero-order chi connectivity index (χ0) is 16.1. The van der Waals surface area contributed by atoms with Crippen molar-refractivity contribution in [2.24, 2.45) is 5.92 Å². The van der Waals surface area contributed by atoms with Crippen LogP contribution < -0.4 is 15.8 Å². The van der Waals surface area contributed by atoms with Crippen molar-refractivity contribution in [2.45, 2.75) is 26.8 Å². The molecule has 7 nitrogen and oxygen atoms in total. The summed E-state index contributed by atoms with van der Waals surface area (Å²) in [6.45, 7) is 5.02. The Hall–Kier alpha value is -2.57. The number of carbonyl (C=O) groups excluding carboxylic acids is 1. The monoisotopic (exact) mass is 303 g/mol. The third-order valence-electron chi connectivity index (χ3n) is 3.19. The fourth-order valence-corrected chi connectivity index (χ4v) is 1.91. The van der Waals surface area contributed by atoms with E-state index in [1.54, 1.807) is 36.2 Å². The predicted molar refractivity (Wildman–Crippen MR) is 84.8 cm³/mol. The summed E-state index contributed by atoms with van der Waals surface area (Å²) in [4.78, 5) is 12.1. The van der Waals surface area contributed by atoms with E-state index in [4.69, 9.17) is 10.5 Å². The fourth-order valence-electron chi connectivity index (χ4n) is 1.91. The number of hydrogen-bond acceptors (Lipinski definition) is 5. The maximum Gasteiger partial charge on any atom is 0.277 e. The molecule has 1 aromatic carbocycles. The Bertz CT molecular complexity index is 651. The number of amides is 1. The van der Waals surface area contributed by atoms with Crippen LogP contribution in [-0.2, 0) is 6.54 Å². The third-order valence-corrected chi connectivity index (χ3v) is 3.19. The average molecular weight is 303 g/mol. The van der Waals surface area contributed by atoms with Gasteiger partial charge in [0.05, 0.1) is 19.0 Å². The van der Waals surface area contributed by atoms with Crippen LogP contribution in [0, 0.1) is 5.92 Å². The Morgan fingerprint density at radius 1 is 1.45 bits per heavy atom. The molecule has 1 amide bonds. The van der Waals surface area contributed by atoms with Gasteiger partial charge in [0.25, 0.3) is 5.91 Å². The highest BCUT2D eigenvalue weighted by molar-refractivity contribution is 6.02. The summed E-state index contributed by atoms with van der Waals surface area (Å²) in [6.07, 6.45) is 2.63. The van der Waals surface area contributed by atoms with Crippen molar-refractivity contribution < 1.29 is 9.53 Å². The molecule has 0 saturated carbocycles. The number of nitrogens with two attached hydrogens (primary N) is 1. The van der Waals surface area contributed by atoms with Crippen LogP contribution >= 0.6 is 0 Å². The summed E-state index contributed by atoms with van der Waals surface area (Å²) in [5.74, 6) is 0.821. The van der Waals surface area contributed by atoms with Crippen molar-refractivity contribution in [2.75, 3.05) is 18.2 Å². The smallest absolute Gasteiger partial charge is 0.277 e. The van der Waals surface area contributed by atoms with Crippen LogP contribution in [0.2, 0.25) is 0 Å². The molecule has 0 aliphatic rings. The second kappa shape index (κ2) is 6.93. The first-order valence-electron chi connectivity index (χ1n) is 7.14. The lowest BCUT2D eigenvalue weighted by molar-refractivity contribution is 0.102. The lowest BCUT2D eigenvalue weighted by Crippen LogP contribution is -2.12. The van der Waals surface area contributed by atoms with Gasteiger partial charge in [-0.25, -0.2) is 0 Å². The lowest BCUT2D eigenvalue weighted by Gasteiger charge is -2.07. The number of hydrogen-bond donors (Lipinski definition) is 2. The van der Waals surface area contributed by atoms with Crippen LogP contribution in [0.25, 0.3) is 0 Å². The SMILES string of the molecule is COc1ccc(NC(=O)c2cn(CCC(C)C)nn2)cc1N. The Morgan fingerprint density at radius 2 is 2.23 bits per heavy atom. The minimum atomic E-state index is -0.319. The molecule has 1 aromatic heterocycles. The molecular weight excluding hydrogens is 282 g/mol. The highest BCUT2D eigenvalue weighted by Gasteiger charge is 2.12. The second-order valence-electron chi connectivity index (χ2n) is 5.46. The zero-order valence-corrected chi connectivity index (χ0v) is 13.0. The number of aromatic nitrogens is 3. The minimum absolute atomic E-state index is 0.276. The van der Waals surface area contributed by atoms with Gasteiger partial charge < -0.3 is 15.8 Å². The van der Waals surface area contributed by atoms with Crippen LogP contribution in [0.3, 0.4) is 0 Å². The number of rotatable bonds is 6. The molecule has 3 N–H and O–H groups in total. The van der Waals surface area contributed by atoms with Gasteiger partial charge in [-0.2, -0.15) is 0 Å². The Balaban J connectivity index is 2.01. The van der Waals surface area contributed by atoms with Crippen molar-refractivity contribution in [3.8, 4) is 5.75 Å². The van der Waals surface area contributed by atoms with Crippen molar-refractivity contribution in [3.05, 3.63) is 30.1 Å². The first-order valence-corrected chi connectivity index (χ1v) is 7.14. The van der Waals surface area contributed by atoms with Crippen LogP contribution in [0.1, 0.15) is 30.8 Å². The highest BCUT2D eigenvalue weighted by Crippen LogP contribution is 2.24. The largest absolute Gasteiger partial charge is 0.495 e. The van der Waals surface area contributed by atoms with E-state index in [1.165, 1.54) is 0 Å². The van der Waals surface area contributed by atoms with E-state index in [0.717, 1.165) is 13.0 Å². The molecule has 0 fully saturated rings.